The molecule has 4 nitrogen and oxygen atoms in total. The van der Waals surface area contributed by atoms with Gasteiger partial charge in [-0.2, -0.15) is 0 Å². The Bertz CT molecular complexity index is 941. The van der Waals surface area contributed by atoms with Crippen molar-refractivity contribution >= 4 is 5.91 Å². The molecule has 0 unspecified atom stereocenters. The van der Waals surface area contributed by atoms with Crippen LogP contribution in [0.1, 0.15) is 36.6 Å². The Balaban J connectivity index is 1.40. The molecule has 0 aliphatic carbocycles. The Morgan fingerprint density at radius 3 is 1.91 bits per heavy atom. The van der Waals surface area contributed by atoms with Crippen molar-refractivity contribution in [2.45, 2.75) is 32.4 Å². The van der Waals surface area contributed by atoms with Gasteiger partial charge in [0, 0.05) is 11.1 Å². The Labute approximate surface area is 191 Å². The second-order valence-electron chi connectivity index (χ2n) is 8.50. The molecule has 1 amide bonds. The molecule has 0 saturated carbocycles. The molecule has 1 atom stereocenters. The SMILES string of the molecule is CCc1ccc(O[C@@H](C)C(=O)N2CC[NH+](C(c3ccccc3)c3ccccc3)CC2)cc1. The zero-order chi connectivity index (χ0) is 22.3. The minimum atomic E-state index is -0.483. The van der Waals surface area contributed by atoms with Crippen LogP contribution in [-0.2, 0) is 11.2 Å². The largest absolute Gasteiger partial charge is 0.481 e. The highest BCUT2D eigenvalue weighted by molar-refractivity contribution is 5.81. The quantitative estimate of drug-likeness (QED) is 0.623. The predicted octanol–water partition coefficient (Wildman–Crippen LogP) is 3.53. The average molecular weight is 430 g/mol. The second kappa shape index (κ2) is 10.5. The molecular weight excluding hydrogens is 396 g/mol. The molecule has 1 saturated heterocycles. The smallest absolute Gasteiger partial charge is 0.263 e. The van der Waals surface area contributed by atoms with E-state index in [1.54, 1.807) is 0 Å². The van der Waals surface area contributed by atoms with Crippen molar-refractivity contribution in [3.8, 4) is 5.75 Å². The average Bonchev–Trinajstić information content (AvgIpc) is 2.86. The number of benzene rings is 3. The Morgan fingerprint density at radius 2 is 1.41 bits per heavy atom. The van der Waals surface area contributed by atoms with Gasteiger partial charge in [-0.3, -0.25) is 4.79 Å². The summed E-state index contributed by atoms with van der Waals surface area (Å²) in [5.74, 6) is 0.820. The minimum Gasteiger partial charge on any atom is -0.481 e. The maximum absolute atomic E-state index is 13.0. The zero-order valence-corrected chi connectivity index (χ0v) is 19.0. The summed E-state index contributed by atoms with van der Waals surface area (Å²) in [4.78, 5) is 16.5. The van der Waals surface area contributed by atoms with E-state index in [1.165, 1.54) is 21.6 Å². The number of aryl methyl sites for hydroxylation is 1. The van der Waals surface area contributed by atoms with Crippen LogP contribution in [0.4, 0.5) is 0 Å². The fraction of sp³-hybridized carbons (Fsp3) is 0.321. The van der Waals surface area contributed by atoms with E-state index in [9.17, 15) is 4.79 Å². The fourth-order valence-corrected chi connectivity index (χ4v) is 4.57. The predicted molar refractivity (Wildman–Crippen MR) is 128 cm³/mol. The van der Waals surface area contributed by atoms with E-state index in [4.69, 9.17) is 4.74 Å². The molecule has 32 heavy (non-hydrogen) atoms. The summed E-state index contributed by atoms with van der Waals surface area (Å²) in [6, 6.07) is 29.7. The minimum absolute atomic E-state index is 0.0691. The topological polar surface area (TPSA) is 34.0 Å². The van der Waals surface area contributed by atoms with E-state index in [1.807, 2.05) is 24.0 Å². The maximum atomic E-state index is 13.0. The molecule has 1 N–H and O–H groups in total. The standard InChI is InChI=1S/C28H32N2O2/c1-3-23-14-16-26(17-15-23)32-22(2)28(31)30-20-18-29(19-21-30)27(24-10-6-4-7-11-24)25-12-8-5-9-13-25/h4-17,22,27H,3,18-21H2,1-2H3/p+1/t22-/m0/s1. The van der Waals surface area contributed by atoms with E-state index in [0.29, 0.717) is 0 Å². The molecule has 1 aliphatic rings. The first-order valence-corrected chi connectivity index (χ1v) is 11.6. The summed E-state index contributed by atoms with van der Waals surface area (Å²) in [5, 5.41) is 0. The lowest BCUT2D eigenvalue weighted by atomic mass is 9.96. The number of nitrogens with zero attached hydrogens (tertiary/aromatic N) is 1. The van der Waals surface area contributed by atoms with Crippen LogP contribution in [0.2, 0.25) is 0 Å². The van der Waals surface area contributed by atoms with Crippen molar-refractivity contribution in [3.63, 3.8) is 0 Å². The van der Waals surface area contributed by atoms with Gasteiger partial charge in [0.05, 0.1) is 26.2 Å². The molecule has 3 aromatic carbocycles. The monoisotopic (exact) mass is 429 g/mol. The summed E-state index contributed by atoms with van der Waals surface area (Å²) < 4.78 is 5.94. The Hall–Kier alpha value is -3.11. The van der Waals surface area contributed by atoms with Crippen molar-refractivity contribution in [1.82, 2.24) is 4.90 Å². The lowest BCUT2D eigenvalue weighted by Gasteiger charge is -2.37. The van der Waals surface area contributed by atoms with Crippen molar-refractivity contribution in [3.05, 3.63) is 102 Å². The number of hydrogen-bond acceptors (Lipinski definition) is 2. The normalized spacial score (nSPS) is 15.5. The van der Waals surface area contributed by atoms with Gasteiger partial charge in [0.2, 0.25) is 0 Å². The zero-order valence-electron chi connectivity index (χ0n) is 19.0. The van der Waals surface area contributed by atoms with E-state index in [-0.39, 0.29) is 11.9 Å². The first kappa shape index (κ1) is 22.1. The molecule has 1 heterocycles. The molecule has 4 rings (SSSR count). The number of hydrogen-bond donors (Lipinski definition) is 1. The first-order valence-electron chi connectivity index (χ1n) is 11.6. The van der Waals surface area contributed by atoms with Crippen molar-refractivity contribution in [2.75, 3.05) is 26.2 Å². The van der Waals surface area contributed by atoms with Crippen molar-refractivity contribution in [2.24, 2.45) is 0 Å². The van der Waals surface area contributed by atoms with Crippen LogP contribution in [0.3, 0.4) is 0 Å². The highest BCUT2D eigenvalue weighted by Gasteiger charge is 2.33. The summed E-state index contributed by atoms with van der Waals surface area (Å²) in [6.07, 6.45) is 0.511. The van der Waals surface area contributed by atoms with Gasteiger partial charge in [-0.1, -0.05) is 79.7 Å². The third kappa shape index (κ3) is 5.20. The Morgan fingerprint density at radius 1 is 0.875 bits per heavy atom. The molecule has 0 bridgehead atoms. The van der Waals surface area contributed by atoms with Crippen LogP contribution < -0.4 is 9.64 Å². The highest BCUT2D eigenvalue weighted by Crippen LogP contribution is 2.20. The van der Waals surface area contributed by atoms with Gasteiger partial charge in [0.1, 0.15) is 11.8 Å². The van der Waals surface area contributed by atoms with E-state index in [2.05, 4.69) is 79.7 Å². The van der Waals surface area contributed by atoms with Gasteiger partial charge in [-0.15, -0.1) is 0 Å². The van der Waals surface area contributed by atoms with Gasteiger partial charge in [-0.25, -0.2) is 0 Å². The van der Waals surface area contributed by atoms with Crippen LogP contribution in [0.25, 0.3) is 0 Å². The lowest BCUT2D eigenvalue weighted by Crippen LogP contribution is -3.15. The van der Waals surface area contributed by atoms with E-state index < -0.39 is 6.10 Å². The van der Waals surface area contributed by atoms with Crippen LogP contribution in [0, 0.1) is 0 Å². The van der Waals surface area contributed by atoms with Gasteiger partial charge in [0.25, 0.3) is 5.91 Å². The third-order valence-electron chi connectivity index (χ3n) is 6.38. The number of carbonyl (C=O) groups is 1. The van der Waals surface area contributed by atoms with Crippen LogP contribution in [0.5, 0.6) is 5.75 Å². The Kier molecular flexibility index (Phi) is 7.23. The lowest BCUT2D eigenvalue weighted by molar-refractivity contribution is -0.929. The van der Waals surface area contributed by atoms with Crippen LogP contribution >= 0.6 is 0 Å². The molecule has 0 aromatic heterocycles. The molecule has 166 valence electrons. The number of ether oxygens (including phenoxy) is 1. The molecule has 3 aromatic rings. The fourth-order valence-electron chi connectivity index (χ4n) is 4.57. The number of carbonyl (C=O) groups excluding carboxylic acids is 1. The van der Waals surface area contributed by atoms with Gasteiger partial charge in [0.15, 0.2) is 6.10 Å². The van der Waals surface area contributed by atoms with Crippen LogP contribution in [0.15, 0.2) is 84.9 Å². The summed E-state index contributed by atoms with van der Waals surface area (Å²) >= 11 is 0. The van der Waals surface area contributed by atoms with Crippen molar-refractivity contribution < 1.29 is 14.4 Å². The maximum Gasteiger partial charge on any atom is 0.263 e. The molecule has 4 heteroatoms. The van der Waals surface area contributed by atoms with Crippen LogP contribution in [-0.4, -0.2) is 43.1 Å². The molecule has 0 radical (unpaired) electrons. The van der Waals surface area contributed by atoms with Gasteiger partial charge >= 0.3 is 0 Å². The molecular formula is C28H33N2O2+. The molecule has 0 spiro atoms. The summed E-state index contributed by atoms with van der Waals surface area (Å²) in [5.41, 5.74) is 3.91. The first-order chi connectivity index (χ1) is 15.7. The summed E-state index contributed by atoms with van der Waals surface area (Å²) in [6.45, 7) is 7.30. The second-order valence-corrected chi connectivity index (χ2v) is 8.50. The number of rotatable bonds is 7. The van der Waals surface area contributed by atoms with E-state index >= 15 is 0 Å². The molecule has 1 aliphatic heterocycles. The number of quaternary nitrogens is 1. The number of piperazine rings is 1. The highest BCUT2D eigenvalue weighted by atomic mass is 16.5. The third-order valence-corrected chi connectivity index (χ3v) is 6.38. The number of nitrogens with one attached hydrogen (secondary N) is 1. The van der Waals surface area contributed by atoms with Gasteiger partial charge < -0.3 is 14.5 Å². The van der Waals surface area contributed by atoms with Gasteiger partial charge in [-0.05, 0) is 31.0 Å². The molecule has 1 fully saturated rings. The van der Waals surface area contributed by atoms with E-state index in [0.717, 1.165) is 38.3 Å². The van der Waals surface area contributed by atoms with Crippen molar-refractivity contribution in [1.29, 1.82) is 0 Å². The number of amides is 1. The summed E-state index contributed by atoms with van der Waals surface area (Å²) in [7, 11) is 0.